The topological polar surface area (TPSA) is 55.1 Å². The highest BCUT2D eigenvalue weighted by Gasteiger charge is 2.39. The van der Waals surface area contributed by atoms with Crippen LogP contribution < -0.4 is 11.1 Å². The van der Waals surface area contributed by atoms with E-state index in [1.54, 1.807) is 0 Å². The van der Waals surface area contributed by atoms with Crippen molar-refractivity contribution in [2.45, 2.75) is 51.0 Å². The number of nitrogens with one attached hydrogen (secondary N) is 1. The smallest absolute Gasteiger partial charge is 0.224 e. The van der Waals surface area contributed by atoms with Crippen LogP contribution in [0.2, 0.25) is 0 Å². The second-order valence-electron chi connectivity index (χ2n) is 7.24. The van der Waals surface area contributed by atoms with Gasteiger partial charge in [0.1, 0.15) is 0 Å². The van der Waals surface area contributed by atoms with Gasteiger partial charge in [-0.1, -0.05) is 18.6 Å². The fourth-order valence-corrected chi connectivity index (χ4v) is 4.76. The van der Waals surface area contributed by atoms with E-state index in [-0.39, 0.29) is 11.9 Å². The molecule has 1 aliphatic heterocycles. The van der Waals surface area contributed by atoms with Gasteiger partial charge in [0.15, 0.2) is 0 Å². The summed E-state index contributed by atoms with van der Waals surface area (Å²) in [4.78, 5) is 11.4. The summed E-state index contributed by atoms with van der Waals surface area (Å²) in [6.07, 6.45) is 8.31. The predicted octanol–water partition coefficient (Wildman–Crippen LogP) is 3.40. The highest BCUT2D eigenvalue weighted by atomic mass is 16.1. The summed E-state index contributed by atoms with van der Waals surface area (Å²) in [5.74, 6) is 2.90. The molecule has 1 aromatic rings. The standard InChI is InChI=1S/C18H24N2O/c19-16(10-15-8-11-1-2-12(15)7-11)13-3-5-17-14(9-13)4-6-18(21)20-17/h3,5,9,11-12,15-16H,1-2,4,6-8,10,19H2,(H,20,21). The lowest BCUT2D eigenvalue weighted by molar-refractivity contribution is -0.116. The summed E-state index contributed by atoms with van der Waals surface area (Å²) < 4.78 is 0. The maximum Gasteiger partial charge on any atom is 0.224 e. The number of nitrogens with two attached hydrogens (primary N) is 1. The van der Waals surface area contributed by atoms with Crippen molar-refractivity contribution < 1.29 is 4.79 Å². The molecule has 2 bridgehead atoms. The van der Waals surface area contributed by atoms with Gasteiger partial charge in [0.2, 0.25) is 5.91 Å². The zero-order chi connectivity index (χ0) is 14.4. The van der Waals surface area contributed by atoms with E-state index in [0.29, 0.717) is 6.42 Å². The van der Waals surface area contributed by atoms with Gasteiger partial charge in [-0.05, 0) is 67.1 Å². The lowest BCUT2D eigenvalue weighted by Crippen LogP contribution is -2.21. The molecule has 2 fully saturated rings. The first-order valence-corrected chi connectivity index (χ1v) is 8.37. The molecule has 21 heavy (non-hydrogen) atoms. The largest absolute Gasteiger partial charge is 0.326 e. The monoisotopic (exact) mass is 284 g/mol. The number of benzene rings is 1. The number of hydrogen-bond acceptors (Lipinski definition) is 2. The first-order valence-electron chi connectivity index (χ1n) is 8.37. The molecule has 3 nitrogen and oxygen atoms in total. The molecule has 1 aromatic carbocycles. The minimum atomic E-state index is 0.126. The average molecular weight is 284 g/mol. The molecule has 4 rings (SSSR count). The molecule has 3 heteroatoms. The van der Waals surface area contributed by atoms with Crippen molar-refractivity contribution in [3.8, 4) is 0 Å². The van der Waals surface area contributed by atoms with Crippen molar-refractivity contribution in [3.63, 3.8) is 0 Å². The second kappa shape index (κ2) is 5.13. The van der Waals surface area contributed by atoms with Gasteiger partial charge >= 0.3 is 0 Å². The number of fused-ring (bicyclic) bond motifs is 3. The number of anilines is 1. The van der Waals surface area contributed by atoms with Gasteiger partial charge in [-0.2, -0.15) is 0 Å². The lowest BCUT2D eigenvalue weighted by Gasteiger charge is -2.26. The molecule has 2 aliphatic carbocycles. The average Bonchev–Trinajstić information content (AvgIpc) is 3.09. The fraction of sp³-hybridized carbons (Fsp3) is 0.611. The van der Waals surface area contributed by atoms with E-state index in [4.69, 9.17) is 5.73 Å². The van der Waals surface area contributed by atoms with Gasteiger partial charge in [-0.3, -0.25) is 4.79 Å². The number of amides is 1. The summed E-state index contributed by atoms with van der Waals surface area (Å²) >= 11 is 0. The number of carbonyl (C=O) groups is 1. The minimum absolute atomic E-state index is 0.126. The minimum Gasteiger partial charge on any atom is -0.326 e. The summed E-state index contributed by atoms with van der Waals surface area (Å²) in [5.41, 5.74) is 9.94. The van der Waals surface area contributed by atoms with Crippen LogP contribution in [0.1, 0.15) is 55.7 Å². The van der Waals surface area contributed by atoms with E-state index in [1.807, 2.05) is 6.07 Å². The molecule has 3 aliphatic rings. The van der Waals surface area contributed by atoms with E-state index in [1.165, 1.54) is 36.8 Å². The van der Waals surface area contributed by atoms with Crippen LogP contribution in [0.15, 0.2) is 18.2 Å². The third-order valence-corrected chi connectivity index (χ3v) is 5.89. The van der Waals surface area contributed by atoms with Gasteiger partial charge in [0, 0.05) is 18.2 Å². The lowest BCUT2D eigenvalue weighted by atomic mass is 9.82. The van der Waals surface area contributed by atoms with Gasteiger partial charge < -0.3 is 11.1 Å². The van der Waals surface area contributed by atoms with Crippen LogP contribution in [0.25, 0.3) is 0 Å². The van der Waals surface area contributed by atoms with E-state index < -0.39 is 0 Å². The Labute approximate surface area is 126 Å². The quantitative estimate of drug-likeness (QED) is 0.894. The Kier molecular flexibility index (Phi) is 3.26. The molecule has 0 saturated heterocycles. The Morgan fingerprint density at radius 1 is 1.24 bits per heavy atom. The van der Waals surface area contributed by atoms with E-state index in [9.17, 15) is 4.79 Å². The van der Waals surface area contributed by atoms with Crippen molar-refractivity contribution in [2.75, 3.05) is 5.32 Å². The molecule has 0 spiro atoms. The van der Waals surface area contributed by atoms with Crippen molar-refractivity contribution in [3.05, 3.63) is 29.3 Å². The third kappa shape index (κ3) is 2.48. The number of rotatable bonds is 3. The number of aryl methyl sites for hydroxylation is 1. The van der Waals surface area contributed by atoms with Gasteiger partial charge in [0.05, 0.1) is 0 Å². The van der Waals surface area contributed by atoms with Crippen LogP contribution in [-0.2, 0) is 11.2 Å². The number of carbonyl (C=O) groups excluding carboxylic acids is 1. The zero-order valence-corrected chi connectivity index (χ0v) is 12.5. The van der Waals surface area contributed by atoms with E-state index in [2.05, 4.69) is 17.4 Å². The second-order valence-corrected chi connectivity index (χ2v) is 7.24. The van der Waals surface area contributed by atoms with Crippen LogP contribution in [0.5, 0.6) is 0 Å². The summed E-state index contributed by atoms with van der Waals surface area (Å²) in [7, 11) is 0. The molecule has 112 valence electrons. The molecule has 2 saturated carbocycles. The fourth-order valence-electron chi connectivity index (χ4n) is 4.76. The third-order valence-electron chi connectivity index (χ3n) is 5.89. The molecule has 4 atom stereocenters. The van der Waals surface area contributed by atoms with Gasteiger partial charge in [-0.25, -0.2) is 0 Å². The predicted molar refractivity (Wildman–Crippen MR) is 83.9 cm³/mol. The highest BCUT2D eigenvalue weighted by Crippen LogP contribution is 2.50. The molecule has 4 unspecified atom stereocenters. The summed E-state index contributed by atoms with van der Waals surface area (Å²) in [6, 6.07) is 6.49. The molecule has 0 aromatic heterocycles. The Hall–Kier alpha value is -1.35. The Bertz CT molecular complexity index is 568. The van der Waals surface area contributed by atoms with Crippen molar-refractivity contribution >= 4 is 11.6 Å². The first-order chi connectivity index (χ1) is 10.2. The molecule has 3 N–H and O–H groups in total. The Morgan fingerprint density at radius 2 is 2.14 bits per heavy atom. The van der Waals surface area contributed by atoms with Crippen LogP contribution in [0.3, 0.4) is 0 Å². The SMILES string of the molecule is NC(CC1CC2CCC1C2)c1ccc2c(c1)CCC(=O)N2. The molecule has 0 radical (unpaired) electrons. The molecular weight excluding hydrogens is 260 g/mol. The van der Waals surface area contributed by atoms with E-state index in [0.717, 1.165) is 36.3 Å². The zero-order valence-electron chi connectivity index (χ0n) is 12.5. The van der Waals surface area contributed by atoms with Gasteiger partial charge in [0.25, 0.3) is 0 Å². The van der Waals surface area contributed by atoms with Crippen LogP contribution >= 0.6 is 0 Å². The summed E-state index contributed by atoms with van der Waals surface area (Å²) in [5, 5.41) is 2.94. The van der Waals surface area contributed by atoms with Crippen molar-refractivity contribution in [2.24, 2.45) is 23.5 Å². The van der Waals surface area contributed by atoms with Crippen LogP contribution in [0, 0.1) is 17.8 Å². The van der Waals surface area contributed by atoms with Crippen molar-refractivity contribution in [1.82, 2.24) is 0 Å². The first kappa shape index (κ1) is 13.3. The van der Waals surface area contributed by atoms with Gasteiger partial charge in [-0.15, -0.1) is 0 Å². The Morgan fingerprint density at radius 3 is 2.90 bits per heavy atom. The molecular formula is C18H24N2O. The number of hydrogen-bond donors (Lipinski definition) is 2. The summed E-state index contributed by atoms with van der Waals surface area (Å²) in [6.45, 7) is 0. The highest BCUT2D eigenvalue weighted by molar-refractivity contribution is 5.93. The van der Waals surface area contributed by atoms with E-state index >= 15 is 0 Å². The maximum absolute atomic E-state index is 11.4. The maximum atomic E-state index is 11.4. The molecule has 1 amide bonds. The van der Waals surface area contributed by atoms with Crippen LogP contribution in [-0.4, -0.2) is 5.91 Å². The Balaban J connectivity index is 1.47. The normalized spacial score (nSPS) is 31.9. The van der Waals surface area contributed by atoms with Crippen LogP contribution in [0.4, 0.5) is 5.69 Å². The molecule has 1 heterocycles. The van der Waals surface area contributed by atoms with Crippen molar-refractivity contribution in [1.29, 1.82) is 0 Å².